The Labute approximate surface area is 169 Å². The SMILES string of the molecule is CN(Cc1ccc(Cl)s1)C(=O)CNC(CN1CCOCC1)c1ccccc1. The van der Waals surface area contributed by atoms with E-state index in [1.807, 2.05) is 37.4 Å². The van der Waals surface area contributed by atoms with Crippen molar-refractivity contribution in [3.8, 4) is 0 Å². The first-order chi connectivity index (χ1) is 13.1. The lowest BCUT2D eigenvalue weighted by atomic mass is 10.1. The third kappa shape index (κ3) is 6.30. The van der Waals surface area contributed by atoms with E-state index >= 15 is 0 Å². The van der Waals surface area contributed by atoms with E-state index in [2.05, 4.69) is 22.3 Å². The normalized spacial score (nSPS) is 16.2. The first-order valence-corrected chi connectivity index (χ1v) is 10.4. The average Bonchev–Trinajstić information content (AvgIpc) is 3.11. The monoisotopic (exact) mass is 407 g/mol. The van der Waals surface area contributed by atoms with Crippen molar-refractivity contribution in [3.63, 3.8) is 0 Å². The smallest absolute Gasteiger partial charge is 0.236 e. The van der Waals surface area contributed by atoms with Crippen molar-refractivity contribution in [1.29, 1.82) is 0 Å². The first-order valence-electron chi connectivity index (χ1n) is 9.18. The number of benzene rings is 1. The third-order valence-electron chi connectivity index (χ3n) is 4.69. The third-order valence-corrected chi connectivity index (χ3v) is 5.91. The van der Waals surface area contributed by atoms with Crippen LogP contribution in [0.25, 0.3) is 0 Å². The number of nitrogens with one attached hydrogen (secondary N) is 1. The van der Waals surface area contributed by atoms with Crippen molar-refractivity contribution in [2.75, 3.05) is 46.4 Å². The van der Waals surface area contributed by atoms with Gasteiger partial charge in [0.25, 0.3) is 0 Å². The zero-order valence-corrected chi connectivity index (χ0v) is 17.1. The van der Waals surface area contributed by atoms with Crippen LogP contribution in [0.2, 0.25) is 4.34 Å². The highest BCUT2D eigenvalue weighted by Gasteiger charge is 2.20. The molecule has 2 aromatic rings. The van der Waals surface area contributed by atoms with Gasteiger partial charge in [0.05, 0.1) is 30.6 Å². The summed E-state index contributed by atoms with van der Waals surface area (Å²) in [5.41, 5.74) is 1.20. The average molecular weight is 408 g/mol. The van der Waals surface area contributed by atoms with Gasteiger partial charge in [0.2, 0.25) is 5.91 Å². The lowest BCUT2D eigenvalue weighted by Gasteiger charge is -2.31. The predicted octanol–water partition coefficient (Wildman–Crippen LogP) is 3.02. The number of rotatable bonds is 8. The summed E-state index contributed by atoms with van der Waals surface area (Å²) >= 11 is 7.49. The lowest BCUT2D eigenvalue weighted by molar-refractivity contribution is -0.129. The molecule has 1 aliphatic heterocycles. The molecule has 146 valence electrons. The fourth-order valence-electron chi connectivity index (χ4n) is 3.12. The molecule has 1 amide bonds. The highest BCUT2D eigenvalue weighted by molar-refractivity contribution is 7.16. The molecule has 1 atom stereocenters. The molecule has 1 saturated heterocycles. The van der Waals surface area contributed by atoms with Crippen LogP contribution in [-0.2, 0) is 16.1 Å². The van der Waals surface area contributed by atoms with E-state index in [1.54, 1.807) is 4.90 Å². The summed E-state index contributed by atoms with van der Waals surface area (Å²) in [5, 5.41) is 3.46. The highest BCUT2D eigenvalue weighted by Crippen LogP contribution is 2.22. The number of halogens is 1. The molecule has 0 radical (unpaired) electrons. The van der Waals surface area contributed by atoms with Crippen LogP contribution in [0.15, 0.2) is 42.5 Å². The van der Waals surface area contributed by atoms with Gasteiger partial charge in [-0.15, -0.1) is 11.3 Å². The Morgan fingerprint density at radius 3 is 2.67 bits per heavy atom. The molecule has 1 fully saturated rings. The van der Waals surface area contributed by atoms with Gasteiger partial charge in [-0.1, -0.05) is 41.9 Å². The summed E-state index contributed by atoms with van der Waals surface area (Å²) < 4.78 is 6.19. The minimum Gasteiger partial charge on any atom is -0.379 e. The number of nitrogens with zero attached hydrogens (tertiary/aromatic N) is 2. The van der Waals surface area contributed by atoms with Gasteiger partial charge in [-0.2, -0.15) is 0 Å². The summed E-state index contributed by atoms with van der Waals surface area (Å²) in [5.74, 6) is 0.0717. The zero-order valence-electron chi connectivity index (χ0n) is 15.6. The number of carbonyl (C=O) groups is 1. The van der Waals surface area contributed by atoms with E-state index in [0.717, 1.165) is 42.1 Å². The van der Waals surface area contributed by atoms with Crippen LogP contribution < -0.4 is 5.32 Å². The van der Waals surface area contributed by atoms with Crippen molar-refractivity contribution < 1.29 is 9.53 Å². The molecular formula is C20H26ClN3O2S. The summed E-state index contributed by atoms with van der Waals surface area (Å²) in [6.45, 7) is 5.15. The van der Waals surface area contributed by atoms with E-state index in [4.69, 9.17) is 16.3 Å². The predicted molar refractivity (Wildman–Crippen MR) is 110 cm³/mol. The van der Waals surface area contributed by atoms with Crippen LogP contribution in [-0.4, -0.2) is 62.1 Å². The highest BCUT2D eigenvalue weighted by atomic mass is 35.5. The van der Waals surface area contributed by atoms with E-state index in [1.165, 1.54) is 16.9 Å². The number of likely N-dealkylation sites (N-methyl/N-ethyl adjacent to an activating group) is 1. The van der Waals surface area contributed by atoms with Gasteiger partial charge < -0.3 is 15.0 Å². The van der Waals surface area contributed by atoms with Crippen LogP contribution in [0, 0.1) is 0 Å². The Hall–Kier alpha value is -1.44. The molecule has 27 heavy (non-hydrogen) atoms. The largest absolute Gasteiger partial charge is 0.379 e. The molecule has 0 spiro atoms. The minimum atomic E-state index is 0.0717. The Bertz CT molecular complexity index is 719. The van der Waals surface area contributed by atoms with Crippen molar-refractivity contribution in [1.82, 2.24) is 15.1 Å². The van der Waals surface area contributed by atoms with Gasteiger partial charge in [-0.05, 0) is 17.7 Å². The standard InChI is InChI=1S/C20H26ClN3O2S/c1-23(14-17-7-8-19(21)27-17)20(25)13-22-18(16-5-3-2-4-6-16)15-24-9-11-26-12-10-24/h2-8,18,22H,9-15H2,1H3. The van der Waals surface area contributed by atoms with Gasteiger partial charge in [0, 0.05) is 37.6 Å². The minimum absolute atomic E-state index is 0.0717. The molecule has 2 heterocycles. The molecule has 5 nitrogen and oxygen atoms in total. The molecule has 1 N–H and O–H groups in total. The molecule has 3 rings (SSSR count). The molecule has 0 bridgehead atoms. The van der Waals surface area contributed by atoms with Crippen molar-refractivity contribution in [2.24, 2.45) is 0 Å². The van der Waals surface area contributed by atoms with Gasteiger partial charge in [0.15, 0.2) is 0 Å². The number of amides is 1. The summed E-state index contributed by atoms with van der Waals surface area (Å²) in [6, 6.07) is 14.3. The van der Waals surface area contributed by atoms with Gasteiger partial charge >= 0.3 is 0 Å². The fraction of sp³-hybridized carbons (Fsp3) is 0.450. The Morgan fingerprint density at radius 1 is 1.26 bits per heavy atom. The van der Waals surface area contributed by atoms with E-state index in [9.17, 15) is 4.79 Å². The second-order valence-electron chi connectivity index (χ2n) is 6.71. The number of carbonyl (C=O) groups excluding carboxylic acids is 1. The maximum atomic E-state index is 12.6. The van der Waals surface area contributed by atoms with Crippen LogP contribution in [0.5, 0.6) is 0 Å². The molecule has 1 aromatic heterocycles. The fourth-order valence-corrected chi connectivity index (χ4v) is 4.26. The zero-order chi connectivity index (χ0) is 19.1. The Kier molecular flexibility index (Phi) is 7.67. The summed E-state index contributed by atoms with van der Waals surface area (Å²) in [6.07, 6.45) is 0. The Morgan fingerprint density at radius 2 is 2.00 bits per heavy atom. The molecule has 7 heteroatoms. The van der Waals surface area contributed by atoms with Gasteiger partial charge in [0.1, 0.15) is 0 Å². The number of ether oxygens (including phenoxy) is 1. The maximum absolute atomic E-state index is 12.6. The van der Waals surface area contributed by atoms with Crippen molar-refractivity contribution in [2.45, 2.75) is 12.6 Å². The molecular weight excluding hydrogens is 382 g/mol. The molecule has 1 aromatic carbocycles. The summed E-state index contributed by atoms with van der Waals surface area (Å²) in [7, 11) is 1.83. The summed E-state index contributed by atoms with van der Waals surface area (Å²) in [4.78, 5) is 17.8. The van der Waals surface area contributed by atoms with E-state index < -0.39 is 0 Å². The molecule has 1 aliphatic rings. The second kappa shape index (κ2) is 10.2. The van der Waals surface area contributed by atoms with Crippen LogP contribution in [0.4, 0.5) is 0 Å². The first kappa shape index (κ1) is 20.3. The van der Waals surface area contributed by atoms with Crippen molar-refractivity contribution in [3.05, 3.63) is 57.2 Å². The second-order valence-corrected chi connectivity index (χ2v) is 8.51. The maximum Gasteiger partial charge on any atom is 0.236 e. The molecule has 0 aliphatic carbocycles. The van der Waals surface area contributed by atoms with E-state index in [0.29, 0.717) is 13.1 Å². The van der Waals surface area contributed by atoms with Crippen LogP contribution in [0.1, 0.15) is 16.5 Å². The Balaban J connectivity index is 1.57. The number of hydrogen-bond donors (Lipinski definition) is 1. The number of thiophene rings is 1. The number of morpholine rings is 1. The lowest BCUT2D eigenvalue weighted by Crippen LogP contribution is -2.44. The molecule has 0 saturated carbocycles. The van der Waals surface area contributed by atoms with Gasteiger partial charge in [-0.25, -0.2) is 0 Å². The van der Waals surface area contributed by atoms with Crippen LogP contribution in [0.3, 0.4) is 0 Å². The van der Waals surface area contributed by atoms with Crippen molar-refractivity contribution >= 4 is 28.8 Å². The van der Waals surface area contributed by atoms with E-state index in [-0.39, 0.29) is 11.9 Å². The topological polar surface area (TPSA) is 44.8 Å². The van der Waals surface area contributed by atoms with Crippen LogP contribution >= 0.6 is 22.9 Å². The molecule has 1 unspecified atom stereocenters. The quantitative estimate of drug-likeness (QED) is 0.730. The number of hydrogen-bond acceptors (Lipinski definition) is 5. The van der Waals surface area contributed by atoms with Gasteiger partial charge in [-0.3, -0.25) is 9.69 Å².